The minimum Gasteiger partial charge on any atom is -0.495 e. The average Bonchev–Trinajstić information content (AvgIpc) is 2.45. The number of aryl methyl sites for hydroxylation is 2. The molecule has 0 radical (unpaired) electrons. The number of hydrogen-bond acceptors (Lipinski definition) is 2. The lowest BCUT2D eigenvalue weighted by atomic mass is 10.1. The summed E-state index contributed by atoms with van der Waals surface area (Å²) in [5, 5.41) is 3.46. The molecule has 110 valence electrons. The fraction of sp³-hybridized carbons (Fsp3) is 0.188. The third-order valence-corrected chi connectivity index (χ3v) is 4.63. The van der Waals surface area contributed by atoms with E-state index in [4.69, 9.17) is 16.3 Å². The lowest BCUT2D eigenvalue weighted by Crippen LogP contribution is -2.14. The maximum atomic E-state index is 12.4. The Labute approximate surface area is 137 Å². The van der Waals surface area contributed by atoms with Crippen molar-refractivity contribution in [1.29, 1.82) is 0 Å². The van der Waals surface area contributed by atoms with Crippen LogP contribution in [0, 0.1) is 13.8 Å². The van der Waals surface area contributed by atoms with Crippen molar-refractivity contribution in [3.8, 4) is 5.75 Å². The van der Waals surface area contributed by atoms with Crippen molar-refractivity contribution in [2.24, 2.45) is 0 Å². The van der Waals surface area contributed by atoms with Crippen LogP contribution in [0.4, 0.5) is 5.69 Å². The summed E-state index contributed by atoms with van der Waals surface area (Å²) < 4.78 is 6.05. The van der Waals surface area contributed by atoms with Crippen LogP contribution in [0.3, 0.4) is 0 Å². The van der Waals surface area contributed by atoms with Gasteiger partial charge in [-0.3, -0.25) is 4.79 Å². The molecular formula is C16H15BrClNO2. The normalized spacial score (nSPS) is 10.3. The van der Waals surface area contributed by atoms with Crippen LogP contribution in [0.1, 0.15) is 21.5 Å². The highest BCUT2D eigenvalue weighted by molar-refractivity contribution is 9.10. The SMILES string of the molecule is COc1cc(Cl)c(C)cc1NC(=O)c1cccc(C)c1Br. The lowest BCUT2D eigenvalue weighted by molar-refractivity contribution is 0.102. The van der Waals surface area contributed by atoms with Crippen molar-refractivity contribution in [2.45, 2.75) is 13.8 Å². The van der Waals surface area contributed by atoms with Crippen molar-refractivity contribution < 1.29 is 9.53 Å². The van der Waals surface area contributed by atoms with E-state index in [0.717, 1.165) is 15.6 Å². The minimum absolute atomic E-state index is 0.203. The largest absolute Gasteiger partial charge is 0.495 e. The predicted octanol–water partition coefficient (Wildman–Crippen LogP) is 4.98. The van der Waals surface area contributed by atoms with Gasteiger partial charge in [0.15, 0.2) is 0 Å². The Morgan fingerprint density at radius 3 is 2.62 bits per heavy atom. The smallest absolute Gasteiger partial charge is 0.256 e. The summed E-state index contributed by atoms with van der Waals surface area (Å²) in [7, 11) is 1.54. The zero-order chi connectivity index (χ0) is 15.6. The molecule has 0 atom stereocenters. The van der Waals surface area contributed by atoms with Gasteiger partial charge in [0.25, 0.3) is 5.91 Å². The van der Waals surface area contributed by atoms with E-state index in [0.29, 0.717) is 22.0 Å². The second kappa shape index (κ2) is 6.50. The van der Waals surface area contributed by atoms with Crippen molar-refractivity contribution in [2.75, 3.05) is 12.4 Å². The molecule has 1 amide bonds. The van der Waals surface area contributed by atoms with E-state index in [1.54, 1.807) is 25.3 Å². The number of anilines is 1. The number of benzene rings is 2. The summed E-state index contributed by atoms with van der Waals surface area (Å²) in [6.45, 7) is 3.81. The third kappa shape index (κ3) is 3.39. The number of carbonyl (C=O) groups excluding carboxylic acids is 1. The van der Waals surface area contributed by atoms with Crippen molar-refractivity contribution in [1.82, 2.24) is 0 Å². The topological polar surface area (TPSA) is 38.3 Å². The van der Waals surface area contributed by atoms with Gasteiger partial charge in [0, 0.05) is 15.6 Å². The number of methoxy groups -OCH3 is 1. The highest BCUT2D eigenvalue weighted by atomic mass is 79.9. The molecule has 0 saturated heterocycles. The molecule has 0 saturated carbocycles. The fourth-order valence-corrected chi connectivity index (χ4v) is 2.54. The Morgan fingerprint density at radius 2 is 1.95 bits per heavy atom. The van der Waals surface area contributed by atoms with Crippen LogP contribution in [0.25, 0.3) is 0 Å². The highest BCUT2D eigenvalue weighted by Gasteiger charge is 2.14. The van der Waals surface area contributed by atoms with Gasteiger partial charge in [-0.1, -0.05) is 23.7 Å². The van der Waals surface area contributed by atoms with Crippen LogP contribution in [-0.4, -0.2) is 13.0 Å². The zero-order valence-corrected chi connectivity index (χ0v) is 14.3. The summed E-state index contributed by atoms with van der Waals surface area (Å²) in [5.74, 6) is 0.327. The van der Waals surface area contributed by atoms with Gasteiger partial charge in [0.1, 0.15) is 5.75 Å². The molecule has 2 aromatic rings. The van der Waals surface area contributed by atoms with Crippen molar-refractivity contribution >= 4 is 39.1 Å². The highest BCUT2D eigenvalue weighted by Crippen LogP contribution is 2.32. The first kappa shape index (κ1) is 15.9. The van der Waals surface area contributed by atoms with Crippen molar-refractivity contribution in [3.63, 3.8) is 0 Å². The number of hydrogen-bond donors (Lipinski definition) is 1. The van der Waals surface area contributed by atoms with Crippen molar-refractivity contribution in [3.05, 3.63) is 56.5 Å². The lowest BCUT2D eigenvalue weighted by Gasteiger charge is -2.13. The minimum atomic E-state index is -0.203. The second-order valence-corrected chi connectivity index (χ2v) is 5.89. The first-order chi connectivity index (χ1) is 9.93. The molecule has 0 unspecified atom stereocenters. The molecule has 1 N–H and O–H groups in total. The Balaban J connectivity index is 2.36. The van der Waals surface area contributed by atoms with Crippen LogP contribution in [0.5, 0.6) is 5.75 Å². The molecule has 2 aromatic carbocycles. The van der Waals surface area contributed by atoms with E-state index in [2.05, 4.69) is 21.2 Å². The Hall–Kier alpha value is -1.52. The summed E-state index contributed by atoms with van der Waals surface area (Å²) in [6.07, 6.45) is 0. The number of carbonyl (C=O) groups is 1. The molecule has 21 heavy (non-hydrogen) atoms. The van der Waals surface area contributed by atoms with Gasteiger partial charge in [-0.05, 0) is 53.0 Å². The van der Waals surface area contributed by atoms with Gasteiger partial charge >= 0.3 is 0 Å². The van der Waals surface area contributed by atoms with Gasteiger partial charge in [-0.25, -0.2) is 0 Å². The van der Waals surface area contributed by atoms with Gasteiger partial charge < -0.3 is 10.1 Å². The number of nitrogens with one attached hydrogen (secondary N) is 1. The molecule has 0 heterocycles. The summed E-state index contributed by atoms with van der Waals surface area (Å²) in [5.41, 5.74) is 3.04. The molecule has 3 nitrogen and oxygen atoms in total. The number of amides is 1. The summed E-state index contributed by atoms with van der Waals surface area (Å²) >= 11 is 9.51. The van der Waals surface area contributed by atoms with Gasteiger partial charge in [0.05, 0.1) is 18.4 Å². The molecule has 0 aliphatic carbocycles. The second-order valence-electron chi connectivity index (χ2n) is 4.69. The van der Waals surface area contributed by atoms with E-state index >= 15 is 0 Å². The summed E-state index contributed by atoms with van der Waals surface area (Å²) in [4.78, 5) is 12.4. The number of halogens is 2. The van der Waals surface area contributed by atoms with E-state index in [1.807, 2.05) is 26.0 Å². The Bertz CT molecular complexity index is 701. The molecule has 5 heteroatoms. The van der Waals surface area contributed by atoms with Crippen LogP contribution in [0.2, 0.25) is 5.02 Å². The summed E-state index contributed by atoms with van der Waals surface area (Å²) in [6, 6.07) is 9.04. The average molecular weight is 369 g/mol. The van der Waals surface area contributed by atoms with Crippen LogP contribution in [0.15, 0.2) is 34.8 Å². The first-order valence-corrected chi connectivity index (χ1v) is 7.51. The van der Waals surface area contributed by atoms with E-state index in [1.165, 1.54) is 0 Å². The van der Waals surface area contributed by atoms with E-state index < -0.39 is 0 Å². The molecule has 0 spiro atoms. The third-order valence-electron chi connectivity index (χ3n) is 3.17. The Morgan fingerprint density at radius 1 is 1.24 bits per heavy atom. The molecular weight excluding hydrogens is 354 g/mol. The molecule has 2 rings (SSSR count). The fourth-order valence-electron chi connectivity index (χ4n) is 1.94. The quantitative estimate of drug-likeness (QED) is 0.829. The molecule has 0 fully saturated rings. The Kier molecular flexibility index (Phi) is 4.91. The van der Waals surface area contributed by atoms with Gasteiger partial charge in [-0.15, -0.1) is 0 Å². The van der Waals surface area contributed by atoms with Crippen LogP contribution in [-0.2, 0) is 0 Å². The van der Waals surface area contributed by atoms with E-state index in [-0.39, 0.29) is 5.91 Å². The molecule has 0 bridgehead atoms. The monoisotopic (exact) mass is 367 g/mol. The van der Waals surface area contributed by atoms with E-state index in [9.17, 15) is 4.79 Å². The van der Waals surface area contributed by atoms with Gasteiger partial charge in [0.2, 0.25) is 0 Å². The van der Waals surface area contributed by atoms with Gasteiger partial charge in [-0.2, -0.15) is 0 Å². The standard InChI is InChI=1S/C16H15BrClNO2/c1-9-5-4-6-11(15(9)17)16(20)19-13-7-10(2)12(18)8-14(13)21-3/h4-8H,1-3H3,(H,19,20). The molecule has 0 aliphatic heterocycles. The first-order valence-electron chi connectivity index (χ1n) is 6.34. The van der Waals surface area contributed by atoms with Crippen LogP contribution >= 0.6 is 27.5 Å². The molecule has 0 aliphatic rings. The van der Waals surface area contributed by atoms with Crippen LogP contribution < -0.4 is 10.1 Å². The number of rotatable bonds is 3. The number of ether oxygens (including phenoxy) is 1. The predicted molar refractivity (Wildman–Crippen MR) is 89.6 cm³/mol. The maximum Gasteiger partial charge on any atom is 0.256 e. The maximum absolute atomic E-state index is 12.4. The zero-order valence-electron chi connectivity index (χ0n) is 12.0. The molecule has 0 aromatic heterocycles.